The summed E-state index contributed by atoms with van der Waals surface area (Å²) in [6, 6.07) is 0.555. The maximum Gasteiger partial charge on any atom is 0.0576 e. The van der Waals surface area contributed by atoms with Crippen LogP contribution in [0.15, 0.2) is 0 Å². The van der Waals surface area contributed by atoms with Gasteiger partial charge in [-0.05, 0) is 12.3 Å². The molecular formula is C9H15NO. The Morgan fingerprint density at radius 3 is 3.18 bits per heavy atom. The van der Waals surface area contributed by atoms with Crippen molar-refractivity contribution in [3.05, 3.63) is 0 Å². The number of terminal acetylenes is 1. The fourth-order valence-electron chi connectivity index (χ4n) is 1.37. The van der Waals surface area contributed by atoms with Crippen molar-refractivity contribution in [3.63, 3.8) is 0 Å². The average molecular weight is 153 g/mol. The second-order valence-corrected chi connectivity index (χ2v) is 3.03. The van der Waals surface area contributed by atoms with E-state index in [4.69, 9.17) is 11.2 Å². The van der Waals surface area contributed by atoms with E-state index in [0.29, 0.717) is 18.5 Å². The molecule has 0 aromatic carbocycles. The monoisotopic (exact) mass is 153 g/mol. The second-order valence-electron chi connectivity index (χ2n) is 3.03. The third-order valence-electron chi connectivity index (χ3n) is 2.11. The predicted octanol–water partition coefficient (Wildman–Crippen LogP) is 0.634. The number of rotatable bonds is 2. The largest absolute Gasteiger partial charge is 0.381 e. The number of ether oxygens (including phenoxy) is 1. The standard InChI is InChI=1S/C9H15NO/c1-3-5-10-9-4-6-11-7-8(9)2/h1,8-10H,4-7H2,2H3. The zero-order valence-corrected chi connectivity index (χ0v) is 6.97. The molecule has 2 nitrogen and oxygen atoms in total. The minimum Gasteiger partial charge on any atom is -0.381 e. The summed E-state index contributed by atoms with van der Waals surface area (Å²) in [5.41, 5.74) is 0. The van der Waals surface area contributed by atoms with Crippen molar-refractivity contribution >= 4 is 0 Å². The lowest BCUT2D eigenvalue weighted by Gasteiger charge is -2.28. The Labute approximate surface area is 68.3 Å². The molecule has 1 rings (SSSR count). The molecule has 11 heavy (non-hydrogen) atoms. The molecule has 2 heteroatoms. The Hall–Kier alpha value is -0.520. The van der Waals surface area contributed by atoms with Gasteiger partial charge in [-0.2, -0.15) is 0 Å². The van der Waals surface area contributed by atoms with E-state index in [9.17, 15) is 0 Å². The van der Waals surface area contributed by atoms with Crippen molar-refractivity contribution in [3.8, 4) is 12.3 Å². The first-order valence-corrected chi connectivity index (χ1v) is 4.09. The molecule has 0 bridgehead atoms. The van der Waals surface area contributed by atoms with Gasteiger partial charge in [-0.25, -0.2) is 0 Å². The summed E-state index contributed by atoms with van der Waals surface area (Å²) < 4.78 is 5.30. The van der Waals surface area contributed by atoms with Gasteiger partial charge < -0.3 is 10.1 Å². The van der Waals surface area contributed by atoms with Gasteiger partial charge in [0, 0.05) is 12.6 Å². The third kappa shape index (κ3) is 2.53. The SMILES string of the molecule is C#CCNC1CCOCC1C. The second kappa shape index (κ2) is 4.38. The Balaban J connectivity index is 2.25. The lowest BCUT2D eigenvalue weighted by atomic mass is 9.98. The van der Waals surface area contributed by atoms with E-state index in [1.165, 1.54) is 0 Å². The van der Waals surface area contributed by atoms with Gasteiger partial charge in [0.2, 0.25) is 0 Å². The number of hydrogen-bond donors (Lipinski definition) is 1. The van der Waals surface area contributed by atoms with Gasteiger partial charge in [0.15, 0.2) is 0 Å². The quantitative estimate of drug-likeness (QED) is 0.588. The molecule has 0 radical (unpaired) electrons. The van der Waals surface area contributed by atoms with Gasteiger partial charge >= 0.3 is 0 Å². The van der Waals surface area contributed by atoms with E-state index < -0.39 is 0 Å². The minimum absolute atomic E-state index is 0.555. The Morgan fingerprint density at radius 2 is 2.55 bits per heavy atom. The maximum absolute atomic E-state index is 5.30. The van der Waals surface area contributed by atoms with Crippen molar-refractivity contribution in [2.45, 2.75) is 19.4 Å². The molecule has 62 valence electrons. The summed E-state index contributed by atoms with van der Waals surface area (Å²) >= 11 is 0. The summed E-state index contributed by atoms with van der Waals surface area (Å²) in [5, 5.41) is 3.30. The third-order valence-corrected chi connectivity index (χ3v) is 2.11. The lowest BCUT2D eigenvalue weighted by Crippen LogP contribution is -2.41. The van der Waals surface area contributed by atoms with Crippen LogP contribution in [0.4, 0.5) is 0 Å². The van der Waals surface area contributed by atoms with E-state index in [2.05, 4.69) is 18.2 Å². The first kappa shape index (κ1) is 8.58. The minimum atomic E-state index is 0.555. The Morgan fingerprint density at radius 1 is 1.73 bits per heavy atom. The highest BCUT2D eigenvalue weighted by Crippen LogP contribution is 2.12. The molecule has 1 aliphatic heterocycles. The van der Waals surface area contributed by atoms with Crippen LogP contribution < -0.4 is 5.32 Å². The van der Waals surface area contributed by atoms with Crippen LogP contribution in [0.2, 0.25) is 0 Å². The molecule has 0 saturated carbocycles. The van der Waals surface area contributed by atoms with Crippen LogP contribution in [0.25, 0.3) is 0 Å². The zero-order chi connectivity index (χ0) is 8.10. The van der Waals surface area contributed by atoms with Gasteiger partial charge in [0.1, 0.15) is 0 Å². The molecule has 1 saturated heterocycles. The highest BCUT2D eigenvalue weighted by atomic mass is 16.5. The van der Waals surface area contributed by atoms with Crippen LogP contribution in [-0.4, -0.2) is 25.8 Å². The summed E-state index contributed by atoms with van der Waals surface area (Å²) in [7, 11) is 0. The fourth-order valence-corrected chi connectivity index (χ4v) is 1.37. The van der Waals surface area contributed by atoms with Gasteiger partial charge in [-0.3, -0.25) is 0 Å². The molecule has 1 aliphatic rings. The van der Waals surface area contributed by atoms with Crippen LogP contribution in [0.5, 0.6) is 0 Å². The summed E-state index contributed by atoms with van der Waals surface area (Å²) in [6.45, 7) is 4.59. The van der Waals surface area contributed by atoms with E-state index in [1.807, 2.05) is 0 Å². The van der Waals surface area contributed by atoms with E-state index >= 15 is 0 Å². The average Bonchev–Trinajstić information content (AvgIpc) is 2.03. The van der Waals surface area contributed by atoms with Crippen molar-refractivity contribution in [2.75, 3.05) is 19.8 Å². The number of hydrogen-bond acceptors (Lipinski definition) is 2. The van der Waals surface area contributed by atoms with E-state index in [-0.39, 0.29) is 0 Å². The molecule has 1 fully saturated rings. The van der Waals surface area contributed by atoms with Gasteiger partial charge in [-0.15, -0.1) is 6.42 Å². The first-order valence-electron chi connectivity index (χ1n) is 4.09. The first-order chi connectivity index (χ1) is 5.34. The molecule has 0 aromatic rings. The molecular weight excluding hydrogens is 138 g/mol. The fraction of sp³-hybridized carbons (Fsp3) is 0.778. The van der Waals surface area contributed by atoms with Crippen LogP contribution in [0.1, 0.15) is 13.3 Å². The topological polar surface area (TPSA) is 21.3 Å². The smallest absolute Gasteiger partial charge is 0.0576 e. The molecule has 0 aromatic heterocycles. The molecule has 0 aliphatic carbocycles. The highest BCUT2D eigenvalue weighted by molar-refractivity contribution is 4.89. The highest BCUT2D eigenvalue weighted by Gasteiger charge is 2.20. The summed E-state index contributed by atoms with van der Waals surface area (Å²) in [6.07, 6.45) is 6.23. The van der Waals surface area contributed by atoms with Crippen molar-refractivity contribution in [1.82, 2.24) is 5.32 Å². The van der Waals surface area contributed by atoms with E-state index in [0.717, 1.165) is 19.6 Å². The van der Waals surface area contributed by atoms with Crippen LogP contribution >= 0.6 is 0 Å². The zero-order valence-electron chi connectivity index (χ0n) is 6.97. The molecule has 0 spiro atoms. The van der Waals surface area contributed by atoms with Crippen LogP contribution in [0.3, 0.4) is 0 Å². The number of nitrogens with one attached hydrogen (secondary N) is 1. The lowest BCUT2D eigenvalue weighted by molar-refractivity contribution is 0.0402. The van der Waals surface area contributed by atoms with Crippen LogP contribution in [-0.2, 0) is 4.74 Å². The summed E-state index contributed by atoms with van der Waals surface area (Å²) in [5.74, 6) is 3.18. The van der Waals surface area contributed by atoms with Crippen molar-refractivity contribution in [1.29, 1.82) is 0 Å². The van der Waals surface area contributed by atoms with Crippen molar-refractivity contribution < 1.29 is 4.74 Å². The van der Waals surface area contributed by atoms with Gasteiger partial charge in [0.05, 0.1) is 13.2 Å². The molecule has 1 N–H and O–H groups in total. The Kier molecular flexibility index (Phi) is 3.41. The molecule has 2 atom stereocenters. The predicted molar refractivity (Wildman–Crippen MR) is 45.2 cm³/mol. The molecule has 0 amide bonds. The van der Waals surface area contributed by atoms with Gasteiger partial charge in [-0.1, -0.05) is 12.8 Å². The molecule has 2 unspecified atom stereocenters. The summed E-state index contributed by atoms with van der Waals surface area (Å²) in [4.78, 5) is 0. The van der Waals surface area contributed by atoms with E-state index in [1.54, 1.807) is 0 Å². The Bertz CT molecular complexity index is 150. The van der Waals surface area contributed by atoms with Crippen molar-refractivity contribution in [2.24, 2.45) is 5.92 Å². The van der Waals surface area contributed by atoms with Crippen LogP contribution in [0, 0.1) is 18.3 Å². The van der Waals surface area contributed by atoms with Gasteiger partial charge in [0.25, 0.3) is 0 Å². The maximum atomic E-state index is 5.30. The molecule has 1 heterocycles. The normalized spacial score (nSPS) is 31.3.